The van der Waals surface area contributed by atoms with Crippen molar-refractivity contribution in [2.75, 3.05) is 54.3 Å². The normalized spacial score (nSPS) is 17.6. The number of anilines is 3. The van der Waals surface area contributed by atoms with Crippen molar-refractivity contribution in [2.24, 2.45) is 0 Å². The molecule has 6 aromatic rings. The highest BCUT2D eigenvalue weighted by atomic mass is 32.2. The van der Waals surface area contributed by atoms with Gasteiger partial charge in [-0.15, -0.1) is 11.8 Å². The van der Waals surface area contributed by atoms with Crippen molar-refractivity contribution < 1.29 is 18.1 Å². The Morgan fingerprint density at radius 1 is 0.836 bits per heavy atom. The number of aromatic nitrogens is 2. The van der Waals surface area contributed by atoms with Crippen molar-refractivity contribution in [3.63, 3.8) is 0 Å². The lowest BCUT2D eigenvalue weighted by atomic mass is 9.99. The largest absolute Gasteiger partial charge is 0.378 e. The summed E-state index contributed by atoms with van der Waals surface area (Å²) in [5, 5.41) is 16.0. The Hall–Kier alpha value is -5.54. The first-order chi connectivity index (χ1) is 26.8. The van der Waals surface area contributed by atoms with Crippen LogP contribution in [0.15, 0.2) is 137 Å². The number of hydrogen-bond acceptors (Lipinski definition) is 11. The highest BCUT2D eigenvalue weighted by molar-refractivity contribution is 8.00. The van der Waals surface area contributed by atoms with E-state index in [1.807, 2.05) is 54.6 Å². The molecule has 2 N–H and O–H groups in total. The Morgan fingerprint density at radius 3 is 2.36 bits per heavy atom. The van der Waals surface area contributed by atoms with Crippen molar-refractivity contribution in [1.82, 2.24) is 14.9 Å². The van der Waals surface area contributed by atoms with Crippen molar-refractivity contribution in [2.45, 2.75) is 27.6 Å². The summed E-state index contributed by atoms with van der Waals surface area (Å²) in [6.07, 6.45) is 1.31. The summed E-state index contributed by atoms with van der Waals surface area (Å²) in [5.74, 6) is 0.0900. The third kappa shape index (κ3) is 8.27. The van der Waals surface area contributed by atoms with Crippen LogP contribution >= 0.6 is 11.8 Å². The monoisotopic (exact) mass is 773 g/mol. The van der Waals surface area contributed by atoms with Crippen molar-refractivity contribution in [3.8, 4) is 11.1 Å². The van der Waals surface area contributed by atoms with Gasteiger partial charge in [0.05, 0.1) is 39.8 Å². The molecule has 2 fully saturated rings. The summed E-state index contributed by atoms with van der Waals surface area (Å²) in [5.41, 5.74) is 5.20. The molecule has 0 spiro atoms. The summed E-state index contributed by atoms with van der Waals surface area (Å²) in [4.78, 5) is 25.9. The number of nitro groups is 1. The lowest BCUT2D eigenvalue weighted by Crippen LogP contribution is -2.46. The van der Waals surface area contributed by atoms with Gasteiger partial charge in [-0.2, -0.15) is 0 Å². The Labute approximate surface area is 323 Å². The number of benzene rings is 5. The van der Waals surface area contributed by atoms with E-state index in [0.717, 1.165) is 49.4 Å². The molecule has 1 aromatic heterocycles. The molecule has 2 saturated heterocycles. The van der Waals surface area contributed by atoms with Crippen molar-refractivity contribution >= 4 is 55.6 Å². The quantitative estimate of drug-likeness (QED) is 0.0956. The smallest absolute Gasteiger partial charge is 0.293 e. The first-order valence-corrected chi connectivity index (χ1v) is 20.4. The molecular weight excluding hydrogens is 735 g/mol. The van der Waals surface area contributed by atoms with Gasteiger partial charge in [-0.1, -0.05) is 72.8 Å². The van der Waals surface area contributed by atoms with E-state index in [9.17, 15) is 18.5 Å². The Kier molecular flexibility index (Phi) is 10.6. The van der Waals surface area contributed by atoms with Gasteiger partial charge in [0.1, 0.15) is 12.0 Å². The number of rotatable bonds is 12. The molecule has 2 aliphatic heterocycles. The molecule has 14 heteroatoms. The van der Waals surface area contributed by atoms with E-state index in [1.165, 1.54) is 35.2 Å². The number of fused-ring (bicyclic) bond motifs is 1. The van der Waals surface area contributed by atoms with Gasteiger partial charge < -0.3 is 15.0 Å². The predicted molar refractivity (Wildman–Crippen MR) is 217 cm³/mol. The van der Waals surface area contributed by atoms with Crippen molar-refractivity contribution in [1.29, 1.82) is 0 Å². The Balaban J connectivity index is 0.939. The molecule has 0 saturated carbocycles. The molecule has 2 aliphatic rings. The van der Waals surface area contributed by atoms with Gasteiger partial charge in [0.2, 0.25) is 0 Å². The average molecular weight is 774 g/mol. The highest BCUT2D eigenvalue weighted by Crippen LogP contribution is 2.35. The van der Waals surface area contributed by atoms with Gasteiger partial charge in [-0.3, -0.25) is 19.7 Å². The van der Waals surface area contributed by atoms with Crippen LogP contribution in [0.25, 0.3) is 22.0 Å². The van der Waals surface area contributed by atoms with E-state index in [0.29, 0.717) is 24.1 Å². The van der Waals surface area contributed by atoms with Gasteiger partial charge in [0.15, 0.2) is 5.82 Å². The number of piperazine rings is 1. The summed E-state index contributed by atoms with van der Waals surface area (Å²) >= 11 is 1.63. The fourth-order valence-electron chi connectivity index (χ4n) is 7.08. The van der Waals surface area contributed by atoms with Crippen LogP contribution < -0.4 is 14.9 Å². The lowest BCUT2D eigenvalue weighted by Gasteiger charge is -2.36. The van der Waals surface area contributed by atoms with Gasteiger partial charge in [0, 0.05) is 54.8 Å². The minimum atomic E-state index is -4.26. The Morgan fingerprint density at radius 2 is 1.58 bits per heavy atom. The first kappa shape index (κ1) is 36.4. The molecule has 12 nitrogen and oxygen atoms in total. The molecule has 5 aromatic carbocycles. The molecule has 3 heterocycles. The van der Waals surface area contributed by atoms with E-state index >= 15 is 0 Å². The van der Waals surface area contributed by atoms with Crippen LogP contribution in [0.5, 0.6) is 0 Å². The molecule has 0 bridgehead atoms. The molecule has 0 amide bonds. The van der Waals surface area contributed by atoms with Gasteiger partial charge in [0.25, 0.3) is 15.7 Å². The fourth-order valence-corrected chi connectivity index (χ4v) is 9.27. The summed E-state index contributed by atoms with van der Waals surface area (Å²) in [6, 6.07) is 38.2. The van der Waals surface area contributed by atoms with Crippen LogP contribution in [0.1, 0.15) is 5.56 Å². The van der Waals surface area contributed by atoms with Crippen molar-refractivity contribution in [3.05, 3.63) is 143 Å². The highest BCUT2D eigenvalue weighted by Gasteiger charge is 2.32. The standard InChI is InChI=1S/C41H39N7O5S2/c49-48(50)39-24-33(16-18-36(39)44-38-26-53-27-40(38)54-32-12-5-2-6-13-32)55(51,52)45-41-35-17-15-31(23-37(35)42-28-43-41)47-21-19-46(20-22-47)25-30-11-7-8-14-34(30)29-9-3-1-4-10-29/h1-18,23-24,28,38,40,44H,19-22,25-27H2,(H,42,43,45). The molecule has 55 heavy (non-hydrogen) atoms. The number of nitrogens with zero attached hydrogens (tertiary/aromatic N) is 5. The number of sulfonamides is 1. The zero-order chi connectivity index (χ0) is 37.8. The molecule has 0 radical (unpaired) electrons. The van der Waals surface area contributed by atoms with Crippen LogP contribution in [0.3, 0.4) is 0 Å². The molecule has 2 atom stereocenters. The van der Waals surface area contributed by atoms with Crippen LogP contribution in [-0.4, -0.2) is 78.9 Å². The second kappa shape index (κ2) is 16.1. The number of hydrogen-bond donors (Lipinski definition) is 2. The van der Waals surface area contributed by atoms with Crippen LogP contribution in [0, 0.1) is 10.1 Å². The molecule has 8 rings (SSSR count). The molecular formula is C41H39N7O5S2. The molecule has 280 valence electrons. The number of nitro benzene ring substituents is 1. The number of nitrogens with one attached hydrogen (secondary N) is 2. The summed E-state index contributed by atoms with van der Waals surface area (Å²) in [6.45, 7) is 5.14. The summed E-state index contributed by atoms with van der Waals surface area (Å²) in [7, 11) is -4.26. The molecule has 2 unspecified atom stereocenters. The number of ether oxygens (including phenoxy) is 1. The predicted octanol–water partition coefficient (Wildman–Crippen LogP) is 7.30. The maximum Gasteiger partial charge on any atom is 0.293 e. The van der Waals surface area contributed by atoms with E-state index in [4.69, 9.17) is 4.74 Å². The number of thioether (sulfide) groups is 1. The maximum absolute atomic E-state index is 13.7. The van der Waals surface area contributed by atoms with E-state index in [-0.39, 0.29) is 33.4 Å². The summed E-state index contributed by atoms with van der Waals surface area (Å²) < 4.78 is 35.6. The molecule has 0 aliphatic carbocycles. The fraction of sp³-hybridized carbons (Fsp3) is 0.220. The first-order valence-electron chi connectivity index (χ1n) is 18.0. The van der Waals surface area contributed by atoms with Crippen LogP contribution in [0.2, 0.25) is 0 Å². The van der Waals surface area contributed by atoms with E-state index in [1.54, 1.807) is 11.8 Å². The van der Waals surface area contributed by atoms with E-state index in [2.05, 4.69) is 78.3 Å². The third-order valence-corrected chi connectivity index (χ3v) is 12.6. The van der Waals surface area contributed by atoms with Gasteiger partial charge in [-0.05, 0) is 59.2 Å². The SMILES string of the molecule is O=[N+]([O-])c1cc(S(=O)(=O)Nc2ncnc3cc(N4CCN(Cc5ccccc5-c5ccccc5)CC4)ccc23)ccc1NC1COCC1Sc1ccccc1. The zero-order valence-electron chi connectivity index (χ0n) is 29.8. The average Bonchev–Trinajstić information content (AvgIpc) is 3.64. The zero-order valence-corrected chi connectivity index (χ0v) is 31.5. The third-order valence-electron chi connectivity index (χ3n) is 9.96. The Bertz CT molecular complexity index is 2410. The lowest BCUT2D eigenvalue weighted by molar-refractivity contribution is -0.384. The van der Waals surface area contributed by atoms with Crippen LogP contribution in [0.4, 0.5) is 22.9 Å². The minimum Gasteiger partial charge on any atom is -0.378 e. The second-order valence-electron chi connectivity index (χ2n) is 13.5. The second-order valence-corrected chi connectivity index (χ2v) is 16.5. The topological polar surface area (TPSA) is 143 Å². The van der Waals surface area contributed by atoms with Crippen LogP contribution in [-0.2, 0) is 21.3 Å². The van der Waals surface area contributed by atoms with E-state index < -0.39 is 14.9 Å². The minimum absolute atomic E-state index is 0.0107. The van der Waals surface area contributed by atoms with Gasteiger partial charge in [-0.25, -0.2) is 18.4 Å². The maximum atomic E-state index is 13.7. The van der Waals surface area contributed by atoms with Gasteiger partial charge >= 0.3 is 0 Å².